The monoisotopic (exact) mass is 506 g/mol. The molecule has 6 nitrogen and oxygen atoms in total. The zero-order chi connectivity index (χ0) is 23.2. The molecule has 1 unspecified atom stereocenters. The number of aromatic nitrogens is 1. The maximum atomic E-state index is 13.8. The van der Waals surface area contributed by atoms with Crippen LogP contribution in [0.4, 0.5) is 18.0 Å². The summed E-state index contributed by atoms with van der Waals surface area (Å²) in [4.78, 5) is 24.7. The highest BCUT2D eigenvalue weighted by Crippen LogP contribution is 2.21. The van der Waals surface area contributed by atoms with Crippen LogP contribution in [0, 0.1) is 5.82 Å². The number of nitrogens with one attached hydrogen (secondary N) is 1. The van der Waals surface area contributed by atoms with Gasteiger partial charge in [0.1, 0.15) is 11.4 Å². The van der Waals surface area contributed by atoms with Gasteiger partial charge in [-0.1, -0.05) is 0 Å². The summed E-state index contributed by atoms with van der Waals surface area (Å²) in [6, 6.07) is 3.97. The lowest BCUT2D eigenvalue weighted by molar-refractivity contribution is -0.130. The average Bonchev–Trinajstić information content (AvgIpc) is 2.63. The van der Waals surface area contributed by atoms with Crippen molar-refractivity contribution in [2.24, 2.45) is 0 Å². The van der Waals surface area contributed by atoms with Crippen LogP contribution in [-0.2, 0) is 16.0 Å². The summed E-state index contributed by atoms with van der Waals surface area (Å²) < 4.78 is 49.6. The number of aryl methyl sites for hydroxylation is 1. The van der Waals surface area contributed by atoms with E-state index in [1.807, 2.05) is 0 Å². The van der Waals surface area contributed by atoms with Crippen molar-refractivity contribution in [3.63, 3.8) is 0 Å². The molecule has 1 aromatic heterocycles. The molecule has 0 fully saturated rings. The average molecular weight is 507 g/mol. The van der Waals surface area contributed by atoms with Crippen molar-refractivity contribution in [1.29, 1.82) is 0 Å². The third-order valence-electron chi connectivity index (χ3n) is 4.40. The van der Waals surface area contributed by atoms with Crippen LogP contribution in [0.25, 0.3) is 10.8 Å². The van der Waals surface area contributed by atoms with Gasteiger partial charge < -0.3 is 19.4 Å². The molecule has 2 aromatic rings. The normalized spacial score (nSPS) is 12.9. The Bertz CT molecular complexity index is 960. The van der Waals surface area contributed by atoms with Crippen molar-refractivity contribution < 1.29 is 27.4 Å². The maximum absolute atomic E-state index is 13.8. The number of rotatable bonds is 9. The fourth-order valence-corrected chi connectivity index (χ4v) is 3.39. The Morgan fingerprint density at radius 1 is 1.26 bits per heavy atom. The van der Waals surface area contributed by atoms with Crippen molar-refractivity contribution >= 4 is 32.8 Å². The third kappa shape index (κ3) is 8.17. The van der Waals surface area contributed by atoms with Gasteiger partial charge in [-0.25, -0.2) is 9.18 Å². The van der Waals surface area contributed by atoms with Gasteiger partial charge >= 0.3 is 12.7 Å². The number of pyridine rings is 1. The first-order valence-electron chi connectivity index (χ1n) is 9.84. The smallest absolute Gasteiger partial charge is 0.407 e. The lowest BCUT2D eigenvalue weighted by Crippen LogP contribution is -2.40. The van der Waals surface area contributed by atoms with Gasteiger partial charge in [-0.15, -0.1) is 0 Å². The number of hydrogen-bond donors (Lipinski definition) is 1. The Balaban J connectivity index is 2.03. The highest BCUT2D eigenvalue weighted by Gasteiger charge is 2.20. The van der Waals surface area contributed by atoms with Gasteiger partial charge in [0.05, 0.1) is 16.5 Å². The van der Waals surface area contributed by atoms with Gasteiger partial charge in [0.2, 0.25) is 0 Å². The SMILES string of the molecule is CC(C)(C)OC(=O)NC(CCCn1ccc2cc(Br)c(F)cc2c1=O)CCOC(F)F. The summed E-state index contributed by atoms with van der Waals surface area (Å²) in [7, 11) is 0. The molecule has 31 heavy (non-hydrogen) atoms. The third-order valence-corrected chi connectivity index (χ3v) is 5.01. The molecule has 0 spiro atoms. The van der Waals surface area contributed by atoms with Gasteiger partial charge in [0, 0.05) is 18.8 Å². The Kier molecular flexibility index (Phi) is 8.93. The van der Waals surface area contributed by atoms with Crippen LogP contribution < -0.4 is 10.9 Å². The van der Waals surface area contributed by atoms with E-state index in [4.69, 9.17) is 4.74 Å². The second-order valence-electron chi connectivity index (χ2n) is 8.07. The highest BCUT2D eigenvalue weighted by atomic mass is 79.9. The number of halogens is 4. The molecule has 0 aliphatic heterocycles. The van der Waals surface area contributed by atoms with Gasteiger partial charge in [-0.3, -0.25) is 4.79 Å². The number of ether oxygens (including phenoxy) is 2. The van der Waals surface area contributed by atoms with Gasteiger partial charge in [-0.05, 0) is 79.5 Å². The van der Waals surface area contributed by atoms with Crippen molar-refractivity contribution in [3.8, 4) is 0 Å². The molecule has 0 aliphatic carbocycles. The van der Waals surface area contributed by atoms with E-state index >= 15 is 0 Å². The zero-order valence-electron chi connectivity index (χ0n) is 17.6. The first kappa shape index (κ1) is 25.2. The molecule has 1 aromatic carbocycles. The zero-order valence-corrected chi connectivity index (χ0v) is 19.2. The summed E-state index contributed by atoms with van der Waals surface area (Å²) in [5.41, 5.74) is -1.03. The number of hydrogen-bond acceptors (Lipinski definition) is 4. The fraction of sp³-hybridized carbons (Fsp3) is 0.524. The largest absolute Gasteiger partial charge is 0.444 e. The summed E-state index contributed by atoms with van der Waals surface area (Å²) in [6.45, 7) is 2.34. The van der Waals surface area contributed by atoms with E-state index < -0.39 is 30.2 Å². The lowest BCUT2D eigenvalue weighted by Gasteiger charge is -2.24. The van der Waals surface area contributed by atoms with Crippen molar-refractivity contribution in [2.45, 2.75) is 64.8 Å². The Labute approximate surface area is 186 Å². The summed E-state index contributed by atoms with van der Waals surface area (Å²) >= 11 is 3.10. The molecule has 0 saturated heterocycles. The van der Waals surface area contributed by atoms with E-state index in [0.717, 1.165) is 0 Å². The molecular formula is C21H26BrF3N2O4. The van der Waals surface area contributed by atoms with Crippen molar-refractivity contribution in [1.82, 2.24) is 9.88 Å². The Morgan fingerprint density at radius 3 is 2.61 bits per heavy atom. The van der Waals surface area contributed by atoms with E-state index in [9.17, 15) is 22.8 Å². The van der Waals surface area contributed by atoms with E-state index in [0.29, 0.717) is 24.8 Å². The molecular weight excluding hydrogens is 481 g/mol. The molecule has 0 radical (unpaired) electrons. The molecule has 0 saturated carbocycles. The topological polar surface area (TPSA) is 69.6 Å². The first-order valence-corrected chi connectivity index (χ1v) is 10.6. The van der Waals surface area contributed by atoms with Crippen LogP contribution in [0.1, 0.15) is 40.0 Å². The molecule has 10 heteroatoms. The molecule has 1 heterocycles. The van der Waals surface area contributed by atoms with Crippen LogP contribution in [0.15, 0.2) is 33.7 Å². The minimum Gasteiger partial charge on any atom is -0.444 e. The van der Waals surface area contributed by atoms with E-state index in [1.165, 1.54) is 10.6 Å². The number of nitrogens with zero attached hydrogens (tertiary/aromatic N) is 1. The molecule has 0 bridgehead atoms. The molecule has 1 N–H and O–H groups in total. The van der Waals surface area contributed by atoms with E-state index in [1.54, 1.807) is 39.1 Å². The van der Waals surface area contributed by atoms with Crippen molar-refractivity contribution in [2.75, 3.05) is 6.61 Å². The van der Waals surface area contributed by atoms with Crippen LogP contribution >= 0.6 is 15.9 Å². The summed E-state index contributed by atoms with van der Waals surface area (Å²) in [6.07, 6.45) is 2.00. The van der Waals surface area contributed by atoms with Crippen LogP contribution in [-0.4, -0.2) is 35.5 Å². The van der Waals surface area contributed by atoms with Crippen molar-refractivity contribution in [3.05, 3.63) is 45.0 Å². The molecule has 1 atom stereocenters. The standard InChI is InChI=1S/C21H26BrF3N2O4/c1-21(2,3)31-20(29)26-14(7-10-30-19(24)25)5-4-8-27-9-6-13-11-16(22)17(23)12-15(13)18(27)28/h6,9,11-12,14,19H,4-5,7-8,10H2,1-3H3,(H,26,29). The van der Waals surface area contributed by atoms with E-state index in [2.05, 4.69) is 26.0 Å². The number of alkyl halides is 2. The molecule has 0 aliphatic rings. The number of carbonyl (C=O) groups excluding carboxylic acids is 1. The summed E-state index contributed by atoms with van der Waals surface area (Å²) in [5, 5.41) is 3.54. The maximum Gasteiger partial charge on any atom is 0.407 e. The quantitative estimate of drug-likeness (QED) is 0.507. The fourth-order valence-electron chi connectivity index (χ4n) is 3.02. The minimum absolute atomic E-state index is 0.162. The molecule has 1 amide bonds. The first-order chi connectivity index (χ1) is 14.5. The van der Waals surface area contributed by atoms with Crippen LogP contribution in [0.3, 0.4) is 0 Å². The Morgan fingerprint density at radius 2 is 1.97 bits per heavy atom. The molecule has 172 valence electrons. The predicted octanol–water partition coefficient (Wildman–Crippen LogP) is 5.21. The molecule has 2 rings (SSSR count). The predicted molar refractivity (Wildman–Crippen MR) is 115 cm³/mol. The van der Waals surface area contributed by atoms with Crippen LogP contribution in [0.5, 0.6) is 0 Å². The second kappa shape index (κ2) is 11.0. The lowest BCUT2D eigenvalue weighted by atomic mass is 10.1. The number of benzene rings is 1. The van der Waals surface area contributed by atoms with Crippen LogP contribution in [0.2, 0.25) is 0 Å². The summed E-state index contributed by atoms with van der Waals surface area (Å²) in [5.74, 6) is -0.525. The van der Waals surface area contributed by atoms with Gasteiger partial charge in [0.15, 0.2) is 0 Å². The van der Waals surface area contributed by atoms with Gasteiger partial charge in [-0.2, -0.15) is 8.78 Å². The Hall–Kier alpha value is -2.07. The minimum atomic E-state index is -2.89. The number of carbonyl (C=O) groups is 1. The number of amides is 1. The highest BCUT2D eigenvalue weighted by molar-refractivity contribution is 9.10. The second-order valence-corrected chi connectivity index (χ2v) is 8.93. The number of fused-ring (bicyclic) bond motifs is 1. The van der Waals surface area contributed by atoms with E-state index in [-0.39, 0.29) is 28.4 Å². The van der Waals surface area contributed by atoms with Gasteiger partial charge in [0.25, 0.3) is 5.56 Å². The number of alkyl carbamates (subject to hydrolysis) is 1.